The van der Waals surface area contributed by atoms with E-state index in [2.05, 4.69) is 51.9 Å². The van der Waals surface area contributed by atoms with Gasteiger partial charge in [-0.1, -0.05) is 44.0 Å². The van der Waals surface area contributed by atoms with Crippen LogP contribution in [0, 0.1) is 0 Å². The molecule has 0 radical (unpaired) electrons. The molecule has 0 saturated heterocycles. The van der Waals surface area contributed by atoms with E-state index in [4.69, 9.17) is 0 Å². The molecule has 132 valence electrons. The Balaban J connectivity index is 0.00000288. The van der Waals surface area contributed by atoms with Crippen molar-refractivity contribution < 1.29 is 0 Å². The highest BCUT2D eigenvalue weighted by Crippen LogP contribution is 2.10. The van der Waals surface area contributed by atoms with Gasteiger partial charge in [0.1, 0.15) is 0 Å². The van der Waals surface area contributed by atoms with Gasteiger partial charge in [0.15, 0.2) is 5.96 Å². The third-order valence-corrected chi connectivity index (χ3v) is 3.75. The lowest BCUT2D eigenvalue weighted by atomic mass is 10.1. The molecule has 0 aliphatic carbocycles. The predicted octanol–water partition coefficient (Wildman–Crippen LogP) is 3.40. The maximum Gasteiger partial charge on any atom is 0.191 e. The van der Waals surface area contributed by atoms with Crippen LogP contribution in [0.2, 0.25) is 0 Å². The number of nitrogens with one attached hydrogen (secondary N) is 2. The molecule has 2 N–H and O–H groups in total. The van der Waals surface area contributed by atoms with Gasteiger partial charge in [-0.3, -0.25) is 9.67 Å². The fourth-order valence-corrected chi connectivity index (χ4v) is 2.43. The number of rotatable bonds is 8. The molecule has 24 heavy (non-hydrogen) atoms. The van der Waals surface area contributed by atoms with E-state index in [1.54, 1.807) is 0 Å². The lowest BCUT2D eigenvalue weighted by Crippen LogP contribution is -2.37. The van der Waals surface area contributed by atoms with Gasteiger partial charge in [-0.15, -0.1) is 24.0 Å². The molecule has 0 spiro atoms. The summed E-state index contributed by atoms with van der Waals surface area (Å²) in [5.41, 5.74) is 2.53. The van der Waals surface area contributed by atoms with E-state index in [0.29, 0.717) is 0 Å². The maximum absolute atomic E-state index is 4.28. The van der Waals surface area contributed by atoms with Gasteiger partial charge in [-0.05, 0) is 23.6 Å². The fourth-order valence-electron chi connectivity index (χ4n) is 2.43. The third-order valence-electron chi connectivity index (χ3n) is 3.75. The molecule has 0 unspecified atom stereocenters. The van der Waals surface area contributed by atoms with Crippen LogP contribution in [0.4, 0.5) is 0 Å². The van der Waals surface area contributed by atoms with Crippen molar-refractivity contribution in [2.24, 2.45) is 4.99 Å². The molecule has 6 heteroatoms. The molecule has 0 saturated carbocycles. The molecule has 1 heterocycles. The van der Waals surface area contributed by atoms with Crippen molar-refractivity contribution in [3.63, 3.8) is 0 Å². The molecule has 0 bridgehead atoms. The average Bonchev–Trinajstić information content (AvgIpc) is 3.08. The van der Waals surface area contributed by atoms with Crippen LogP contribution in [0.1, 0.15) is 37.3 Å². The zero-order chi connectivity index (χ0) is 16.3. The summed E-state index contributed by atoms with van der Waals surface area (Å²) in [6, 6.07) is 10.4. The van der Waals surface area contributed by atoms with Crippen LogP contribution in [0.5, 0.6) is 0 Å². The quantitative estimate of drug-likeness (QED) is 0.286. The summed E-state index contributed by atoms with van der Waals surface area (Å²) < 4.78 is 1.94. The average molecular weight is 441 g/mol. The Labute approximate surface area is 162 Å². The van der Waals surface area contributed by atoms with Crippen molar-refractivity contribution in [1.82, 2.24) is 20.4 Å². The minimum atomic E-state index is 0. The number of halogens is 1. The summed E-state index contributed by atoms with van der Waals surface area (Å²) in [5.74, 6) is 0.856. The van der Waals surface area contributed by atoms with E-state index in [-0.39, 0.29) is 24.0 Å². The van der Waals surface area contributed by atoms with Crippen LogP contribution in [-0.4, -0.2) is 29.3 Å². The fraction of sp³-hybridized carbons (Fsp3) is 0.444. The van der Waals surface area contributed by atoms with Gasteiger partial charge in [-0.25, -0.2) is 0 Å². The monoisotopic (exact) mass is 441 g/mol. The Kier molecular flexibility index (Phi) is 10.1. The summed E-state index contributed by atoms with van der Waals surface area (Å²) in [4.78, 5) is 4.28. The van der Waals surface area contributed by atoms with Gasteiger partial charge in [0, 0.05) is 32.5 Å². The Hall–Kier alpha value is -1.57. The first-order valence-electron chi connectivity index (χ1n) is 8.32. The van der Waals surface area contributed by atoms with Gasteiger partial charge >= 0.3 is 0 Å². The molecular weight excluding hydrogens is 413 g/mol. The van der Waals surface area contributed by atoms with Crippen LogP contribution < -0.4 is 10.6 Å². The lowest BCUT2D eigenvalue weighted by molar-refractivity contribution is 0.671. The van der Waals surface area contributed by atoms with E-state index in [9.17, 15) is 0 Å². The van der Waals surface area contributed by atoms with Crippen molar-refractivity contribution in [2.75, 3.05) is 13.6 Å². The number of aliphatic imine (C=N–C) groups is 1. The smallest absolute Gasteiger partial charge is 0.191 e. The third kappa shape index (κ3) is 6.90. The lowest BCUT2D eigenvalue weighted by Gasteiger charge is -2.14. The second-order valence-electron chi connectivity index (χ2n) is 5.53. The Morgan fingerprint density at radius 3 is 2.58 bits per heavy atom. The highest BCUT2D eigenvalue weighted by molar-refractivity contribution is 14.0. The van der Waals surface area contributed by atoms with E-state index < -0.39 is 0 Å². The second-order valence-corrected chi connectivity index (χ2v) is 5.53. The van der Waals surface area contributed by atoms with E-state index in [0.717, 1.165) is 25.6 Å². The number of hydrogen-bond donors (Lipinski definition) is 2. The van der Waals surface area contributed by atoms with E-state index >= 15 is 0 Å². The SMILES string of the molecule is CCCCCNC(=NC)NCc1ccccc1Cn1cccn1.I. The van der Waals surface area contributed by atoms with Crippen molar-refractivity contribution in [1.29, 1.82) is 0 Å². The zero-order valence-electron chi connectivity index (χ0n) is 14.5. The van der Waals surface area contributed by atoms with Gasteiger partial charge in [0.2, 0.25) is 0 Å². The number of hydrogen-bond acceptors (Lipinski definition) is 2. The standard InChI is InChI=1S/C18H27N5.HI/c1-3-4-7-11-20-18(19-2)21-14-16-9-5-6-10-17(16)15-23-13-8-12-22-23;/h5-6,8-10,12-13H,3-4,7,11,14-15H2,1-2H3,(H2,19,20,21);1H. The van der Waals surface area contributed by atoms with Crippen molar-refractivity contribution in [3.05, 3.63) is 53.9 Å². The van der Waals surface area contributed by atoms with Crippen LogP contribution in [0.25, 0.3) is 0 Å². The summed E-state index contributed by atoms with van der Waals surface area (Å²) in [5, 5.41) is 11.0. The molecule has 0 aliphatic heterocycles. The largest absolute Gasteiger partial charge is 0.356 e. The van der Waals surface area contributed by atoms with Gasteiger partial charge in [-0.2, -0.15) is 5.10 Å². The van der Waals surface area contributed by atoms with Crippen LogP contribution in [0.15, 0.2) is 47.7 Å². The summed E-state index contributed by atoms with van der Waals surface area (Å²) in [7, 11) is 1.81. The van der Waals surface area contributed by atoms with Crippen LogP contribution in [0.3, 0.4) is 0 Å². The minimum Gasteiger partial charge on any atom is -0.356 e. The number of guanidine groups is 1. The normalized spacial score (nSPS) is 11.0. The number of aromatic nitrogens is 2. The summed E-state index contributed by atoms with van der Waals surface area (Å²) in [6.07, 6.45) is 7.44. The molecule has 0 aliphatic rings. The number of nitrogens with zero attached hydrogens (tertiary/aromatic N) is 3. The first kappa shape index (κ1) is 20.5. The van der Waals surface area contributed by atoms with Gasteiger partial charge in [0.25, 0.3) is 0 Å². The molecule has 1 aromatic heterocycles. The first-order chi connectivity index (χ1) is 11.3. The van der Waals surface area contributed by atoms with E-state index in [1.807, 2.05) is 30.2 Å². The number of benzene rings is 1. The topological polar surface area (TPSA) is 54.2 Å². The molecule has 0 amide bonds. The highest BCUT2D eigenvalue weighted by atomic mass is 127. The maximum atomic E-state index is 4.28. The Bertz CT molecular complexity index is 595. The first-order valence-corrected chi connectivity index (χ1v) is 8.32. The Morgan fingerprint density at radius 2 is 1.92 bits per heavy atom. The van der Waals surface area contributed by atoms with Gasteiger partial charge < -0.3 is 10.6 Å². The van der Waals surface area contributed by atoms with Crippen LogP contribution >= 0.6 is 24.0 Å². The molecule has 1 aromatic carbocycles. The zero-order valence-corrected chi connectivity index (χ0v) is 16.9. The molecule has 0 fully saturated rings. The molecular formula is C18H28IN5. The highest BCUT2D eigenvalue weighted by Gasteiger charge is 2.04. The summed E-state index contributed by atoms with van der Waals surface area (Å²) in [6.45, 7) is 4.71. The Morgan fingerprint density at radius 1 is 1.12 bits per heavy atom. The molecule has 2 rings (SSSR count). The number of unbranched alkanes of at least 4 members (excludes halogenated alkanes) is 2. The molecule has 2 aromatic rings. The molecule has 5 nitrogen and oxygen atoms in total. The summed E-state index contributed by atoms with van der Waals surface area (Å²) >= 11 is 0. The predicted molar refractivity (Wildman–Crippen MR) is 111 cm³/mol. The second kappa shape index (κ2) is 11.9. The van der Waals surface area contributed by atoms with Crippen LogP contribution in [-0.2, 0) is 13.1 Å². The van der Waals surface area contributed by atoms with Crippen molar-refractivity contribution in [2.45, 2.75) is 39.3 Å². The molecule has 0 atom stereocenters. The van der Waals surface area contributed by atoms with Crippen molar-refractivity contribution in [3.8, 4) is 0 Å². The van der Waals surface area contributed by atoms with E-state index in [1.165, 1.54) is 30.4 Å². The van der Waals surface area contributed by atoms with Gasteiger partial charge in [0.05, 0.1) is 6.54 Å². The minimum absolute atomic E-state index is 0. The van der Waals surface area contributed by atoms with Crippen molar-refractivity contribution >= 4 is 29.9 Å².